The fraction of sp³-hybridized carbons (Fsp3) is 0.348. The van der Waals surface area contributed by atoms with Crippen LogP contribution in [0.3, 0.4) is 0 Å². The Hall–Kier alpha value is -3.39. The topological polar surface area (TPSA) is 90.6 Å². The van der Waals surface area contributed by atoms with Crippen molar-refractivity contribution in [3.05, 3.63) is 53.7 Å². The van der Waals surface area contributed by atoms with Crippen LogP contribution in [-0.2, 0) is 9.53 Å². The van der Waals surface area contributed by atoms with E-state index >= 15 is 0 Å². The monoisotopic (exact) mass is 421 g/mol. The summed E-state index contributed by atoms with van der Waals surface area (Å²) in [7, 11) is 0. The van der Waals surface area contributed by atoms with Crippen molar-refractivity contribution < 1.29 is 14.3 Å². The zero-order chi connectivity index (χ0) is 21.8. The number of H-pyrrole nitrogens is 1. The molecule has 0 atom stereocenters. The summed E-state index contributed by atoms with van der Waals surface area (Å²) in [5.41, 5.74) is 3.99. The standard InChI is InChI=1S/C23H27N5O3/c1-3-27(23(30)22-19-14-16(2)4-9-20(19)25-26-22)15-21(29)24-17-5-7-18(8-6-17)28-10-12-31-13-11-28/h4-9,14H,3,10-13,15H2,1-2H3,(H,24,29)(H,25,26). The third-order valence-electron chi connectivity index (χ3n) is 5.45. The molecule has 0 spiro atoms. The number of anilines is 2. The van der Waals surface area contributed by atoms with E-state index in [-0.39, 0.29) is 18.4 Å². The fourth-order valence-corrected chi connectivity index (χ4v) is 3.72. The second-order valence-corrected chi connectivity index (χ2v) is 7.64. The third kappa shape index (κ3) is 4.69. The molecule has 8 nitrogen and oxygen atoms in total. The van der Waals surface area contributed by atoms with Crippen LogP contribution < -0.4 is 10.2 Å². The fourth-order valence-electron chi connectivity index (χ4n) is 3.72. The molecule has 162 valence electrons. The number of ether oxygens (including phenoxy) is 1. The molecule has 8 heteroatoms. The van der Waals surface area contributed by atoms with Gasteiger partial charge in [0.1, 0.15) is 6.54 Å². The van der Waals surface area contributed by atoms with Crippen LogP contribution in [0.5, 0.6) is 0 Å². The molecule has 1 aromatic heterocycles. The molecule has 1 saturated heterocycles. The molecule has 3 aromatic rings. The minimum atomic E-state index is -0.267. The van der Waals surface area contributed by atoms with Crippen molar-refractivity contribution in [3.8, 4) is 0 Å². The van der Waals surface area contributed by atoms with Gasteiger partial charge in [-0.2, -0.15) is 5.10 Å². The number of hydrogen-bond donors (Lipinski definition) is 2. The number of nitrogens with zero attached hydrogens (tertiary/aromatic N) is 3. The number of morpholine rings is 1. The van der Waals surface area contributed by atoms with Crippen LogP contribution in [0.25, 0.3) is 10.9 Å². The van der Waals surface area contributed by atoms with Crippen LogP contribution in [-0.4, -0.2) is 66.3 Å². The van der Waals surface area contributed by atoms with Gasteiger partial charge in [0.05, 0.1) is 18.7 Å². The molecule has 0 unspecified atom stereocenters. The Kier molecular flexibility index (Phi) is 6.18. The molecule has 2 heterocycles. The number of rotatable bonds is 6. The maximum Gasteiger partial charge on any atom is 0.275 e. The number of aryl methyl sites for hydroxylation is 1. The number of benzene rings is 2. The second-order valence-electron chi connectivity index (χ2n) is 7.64. The van der Waals surface area contributed by atoms with Crippen molar-refractivity contribution in [1.29, 1.82) is 0 Å². The Labute approximate surface area is 181 Å². The first-order valence-corrected chi connectivity index (χ1v) is 10.5. The second kappa shape index (κ2) is 9.18. The lowest BCUT2D eigenvalue weighted by Gasteiger charge is -2.29. The van der Waals surface area contributed by atoms with Gasteiger partial charge in [-0.3, -0.25) is 14.7 Å². The van der Waals surface area contributed by atoms with Crippen LogP contribution in [0, 0.1) is 6.92 Å². The molecular formula is C23H27N5O3. The molecule has 1 aliphatic heterocycles. The number of amides is 2. The van der Waals surface area contributed by atoms with Crippen molar-refractivity contribution in [1.82, 2.24) is 15.1 Å². The highest BCUT2D eigenvalue weighted by molar-refractivity contribution is 6.06. The van der Waals surface area contributed by atoms with Crippen molar-refractivity contribution in [2.24, 2.45) is 0 Å². The molecule has 2 N–H and O–H groups in total. The van der Waals surface area contributed by atoms with E-state index in [1.807, 2.05) is 56.3 Å². The molecule has 4 rings (SSSR count). The summed E-state index contributed by atoms with van der Waals surface area (Å²) in [4.78, 5) is 29.4. The van der Waals surface area contributed by atoms with Crippen molar-refractivity contribution >= 4 is 34.1 Å². The number of fused-ring (bicyclic) bond motifs is 1. The normalized spacial score (nSPS) is 13.9. The summed E-state index contributed by atoms with van der Waals surface area (Å²) in [5, 5.41) is 10.7. The zero-order valence-electron chi connectivity index (χ0n) is 17.9. The van der Waals surface area contributed by atoms with Gasteiger partial charge >= 0.3 is 0 Å². The van der Waals surface area contributed by atoms with E-state index in [0.717, 1.165) is 48.5 Å². The van der Waals surface area contributed by atoms with E-state index < -0.39 is 0 Å². The number of carbonyl (C=O) groups excluding carboxylic acids is 2. The summed E-state index contributed by atoms with van der Waals surface area (Å²) in [6, 6.07) is 13.5. The first-order valence-electron chi connectivity index (χ1n) is 10.5. The lowest BCUT2D eigenvalue weighted by Crippen LogP contribution is -2.38. The number of hydrogen-bond acceptors (Lipinski definition) is 5. The largest absolute Gasteiger partial charge is 0.378 e. The number of carbonyl (C=O) groups is 2. The van der Waals surface area contributed by atoms with Gasteiger partial charge in [0.25, 0.3) is 5.91 Å². The van der Waals surface area contributed by atoms with E-state index in [9.17, 15) is 9.59 Å². The summed E-state index contributed by atoms with van der Waals surface area (Å²) < 4.78 is 5.38. The molecule has 0 saturated carbocycles. The van der Waals surface area contributed by atoms with E-state index in [2.05, 4.69) is 20.4 Å². The Morgan fingerprint density at radius 3 is 2.61 bits per heavy atom. The van der Waals surface area contributed by atoms with Crippen molar-refractivity contribution in [3.63, 3.8) is 0 Å². The predicted molar refractivity (Wildman–Crippen MR) is 121 cm³/mol. The van der Waals surface area contributed by atoms with Gasteiger partial charge in [-0.15, -0.1) is 0 Å². The molecule has 1 fully saturated rings. The number of aromatic nitrogens is 2. The third-order valence-corrected chi connectivity index (χ3v) is 5.45. The van der Waals surface area contributed by atoms with E-state index in [0.29, 0.717) is 17.9 Å². The maximum atomic E-state index is 13.0. The molecule has 0 bridgehead atoms. The number of likely N-dealkylation sites (N-methyl/N-ethyl adjacent to an activating group) is 1. The Morgan fingerprint density at radius 1 is 1.16 bits per heavy atom. The Morgan fingerprint density at radius 2 is 1.90 bits per heavy atom. The Balaban J connectivity index is 1.40. The van der Waals surface area contributed by atoms with Gasteiger partial charge in [0, 0.05) is 36.4 Å². The average molecular weight is 422 g/mol. The van der Waals surface area contributed by atoms with Crippen molar-refractivity contribution in [2.75, 3.05) is 49.6 Å². The highest BCUT2D eigenvalue weighted by atomic mass is 16.5. The molecule has 2 amide bonds. The molecule has 1 aliphatic rings. The highest BCUT2D eigenvalue weighted by Gasteiger charge is 2.22. The first-order chi connectivity index (χ1) is 15.0. The molecule has 0 radical (unpaired) electrons. The summed E-state index contributed by atoms with van der Waals surface area (Å²) in [6.45, 7) is 7.36. The number of aromatic amines is 1. The van der Waals surface area contributed by atoms with E-state index in [1.165, 1.54) is 4.90 Å². The SMILES string of the molecule is CCN(CC(=O)Nc1ccc(N2CCOCC2)cc1)C(=O)c1n[nH]c2ccc(C)cc12. The van der Waals surface area contributed by atoms with Gasteiger partial charge in [-0.25, -0.2) is 0 Å². The molecule has 2 aromatic carbocycles. The van der Waals surface area contributed by atoms with Crippen LogP contribution in [0.15, 0.2) is 42.5 Å². The van der Waals surface area contributed by atoms with Crippen LogP contribution in [0.1, 0.15) is 23.0 Å². The van der Waals surface area contributed by atoms with Gasteiger partial charge in [0.15, 0.2) is 5.69 Å². The molecular weight excluding hydrogens is 394 g/mol. The van der Waals surface area contributed by atoms with Gasteiger partial charge in [-0.05, 0) is 50.2 Å². The first kappa shape index (κ1) is 20.9. The minimum absolute atomic E-state index is 0.0410. The van der Waals surface area contributed by atoms with E-state index in [1.54, 1.807) is 0 Å². The van der Waals surface area contributed by atoms with E-state index in [4.69, 9.17) is 4.74 Å². The van der Waals surface area contributed by atoms with Crippen LogP contribution in [0.4, 0.5) is 11.4 Å². The van der Waals surface area contributed by atoms with Gasteiger partial charge < -0.3 is 19.9 Å². The Bertz CT molecular complexity index is 1070. The van der Waals surface area contributed by atoms with Crippen molar-refractivity contribution in [2.45, 2.75) is 13.8 Å². The molecule has 0 aliphatic carbocycles. The summed E-state index contributed by atoms with van der Waals surface area (Å²) in [6.07, 6.45) is 0. The summed E-state index contributed by atoms with van der Waals surface area (Å²) in [5.74, 6) is -0.512. The summed E-state index contributed by atoms with van der Waals surface area (Å²) >= 11 is 0. The lowest BCUT2D eigenvalue weighted by atomic mass is 10.1. The minimum Gasteiger partial charge on any atom is -0.378 e. The predicted octanol–water partition coefficient (Wildman–Crippen LogP) is 2.81. The average Bonchev–Trinajstić information content (AvgIpc) is 3.21. The highest BCUT2D eigenvalue weighted by Crippen LogP contribution is 2.20. The maximum absolute atomic E-state index is 13.0. The lowest BCUT2D eigenvalue weighted by molar-refractivity contribution is -0.116. The molecule has 31 heavy (non-hydrogen) atoms. The smallest absolute Gasteiger partial charge is 0.275 e. The van der Waals surface area contributed by atoms with Crippen LogP contribution in [0.2, 0.25) is 0 Å². The van der Waals surface area contributed by atoms with Gasteiger partial charge in [0.2, 0.25) is 5.91 Å². The number of nitrogens with one attached hydrogen (secondary N) is 2. The van der Waals surface area contributed by atoms with Crippen LogP contribution >= 0.6 is 0 Å². The zero-order valence-corrected chi connectivity index (χ0v) is 17.9. The van der Waals surface area contributed by atoms with Gasteiger partial charge in [-0.1, -0.05) is 11.6 Å². The quantitative estimate of drug-likeness (QED) is 0.639.